The van der Waals surface area contributed by atoms with Crippen molar-refractivity contribution in [1.82, 2.24) is 10.3 Å². The number of carboxylic acids is 1. The molecule has 0 atom stereocenters. The maximum Gasteiger partial charge on any atom is 0.329 e. The van der Waals surface area contributed by atoms with Crippen LogP contribution in [-0.2, 0) is 4.79 Å². The third-order valence-electron chi connectivity index (χ3n) is 2.72. The van der Waals surface area contributed by atoms with Crippen LogP contribution < -0.4 is 10.1 Å². The molecular formula is C11H12N2O4. The van der Waals surface area contributed by atoms with Crippen LogP contribution >= 0.6 is 0 Å². The van der Waals surface area contributed by atoms with Gasteiger partial charge >= 0.3 is 5.97 Å². The predicted octanol–water partition coefficient (Wildman–Crippen LogP) is 0.437. The molecule has 0 saturated heterocycles. The van der Waals surface area contributed by atoms with Crippen molar-refractivity contribution in [3.05, 3.63) is 23.9 Å². The summed E-state index contributed by atoms with van der Waals surface area (Å²) < 4.78 is 4.94. The van der Waals surface area contributed by atoms with Gasteiger partial charge in [-0.2, -0.15) is 0 Å². The zero-order valence-electron chi connectivity index (χ0n) is 9.27. The summed E-state index contributed by atoms with van der Waals surface area (Å²) in [6.07, 6.45) is 2.41. The summed E-state index contributed by atoms with van der Waals surface area (Å²) in [5, 5.41) is 11.5. The second-order valence-corrected chi connectivity index (χ2v) is 3.90. The number of ether oxygens (including phenoxy) is 1. The molecule has 90 valence electrons. The van der Waals surface area contributed by atoms with Gasteiger partial charge in [-0.25, -0.2) is 9.78 Å². The van der Waals surface area contributed by atoms with Crippen LogP contribution in [0.2, 0.25) is 0 Å². The number of carboxylic acid groups (broad SMARTS) is 1. The summed E-state index contributed by atoms with van der Waals surface area (Å²) >= 11 is 0. The standard InChI is InChI=1S/C11H12N2O4/c1-17-9-7(3-2-6-12-9)8(14)13-11(4-5-11)10(15)16/h2-3,6H,4-5H2,1H3,(H,13,14)(H,15,16). The Hall–Kier alpha value is -2.11. The lowest BCUT2D eigenvalue weighted by Gasteiger charge is -2.13. The highest BCUT2D eigenvalue weighted by atomic mass is 16.5. The summed E-state index contributed by atoms with van der Waals surface area (Å²) in [4.78, 5) is 26.7. The molecule has 0 bridgehead atoms. The molecule has 6 heteroatoms. The zero-order valence-corrected chi connectivity index (χ0v) is 9.27. The fourth-order valence-electron chi connectivity index (χ4n) is 1.53. The Morgan fingerprint density at radius 1 is 1.53 bits per heavy atom. The first kappa shape index (κ1) is 11.4. The Balaban J connectivity index is 2.18. The van der Waals surface area contributed by atoms with Crippen molar-refractivity contribution in [2.24, 2.45) is 0 Å². The number of carbonyl (C=O) groups excluding carboxylic acids is 1. The highest BCUT2D eigenvalue weighted by Crippen LogP contribution is 2.36. The minimum atomic E-state index is -1.10. The van der Waals surface area contributed by atoms with Crippen LogP contribution in [0.15, 0.2) is 18.3 Å². The maximum absolute atomic E-state index is 11.9. The summed E-state index contributed by atoms with van der Waals surface area (Å²) in [6.45, 7) is 0. The highest BCUT2D eigenvalue weighted by molar-refractivity contribution is 6.00. The molecule has 2 N–H and O–H groups in total. The van der Waals surface area contributed by atoms with E-state index in [9.17, 15) is 9.59 Å². The van der Waals surface area contributed by atoms with Gasteiger partial charge in [-0.05, 0) is 25.0 Å². The van der Waals surface area contributed by atoms with E-state index in [1.54, 1.807) is 12.1 Å². The number of pyridine rings is 1. The number of hydrogen-bond acceptors (Lipinski definition) is 4. The molecule has 2 rings (SSSR count). The number of aromatic nitrogens is 1. The van der Waals surface area contributed by atoms with Crippen molar-refractivity contribution in [3.8, 4) is 5.88 Å². The van der Waals surface area contributed by atoms with Gasteiger partial charge in [0.25, 0.3) is 5.91 Å². The van der Waals surface area contributed by atoms with Gasteiger partial charge < -0.3 is 15.2 Å². The van der Waals surface area contributed by atoms with Crippen molar-refractivity contribution in [2.75, 3.05) is 7.11 Å². The number of carbonyl (C=O) groups is 2. The van der Waals surface area contributed by atoms with Gasteiger partial charge in [-0.3, -0.25) is 4.79 Å². The molecule has 0 spiro atoms. The van der Waals surface area contributed by atoms with Crippen LogP contribution in [-0.4, -0.2) is 34.6 Å². The normalized spacial score (nSPS) is 16.1. The lowest BCUT2D eigenvalue weighted by Crippen LogP contribution is -2.43. The third-order valence-corrected chi connectivity index (χ3v) is 2.72. The first-order chi connectivity index (χ1) is 8.09. The highest BCUT2D eigenvalue weighted by Gasteiger charge is 2.51. The lowest BCUT2D eigenvalue weighted by molar-refractivity contribution is -0.140. The Labute approximate surface area is 97.6 Å². The van der Waals surface area contributed by atoms with Crippen molar-refractivity contribution in [1.29, 1.82) is 0 Å². The molecule has 1 aliphatic carbocycles. The monoisotopic (exact) mass is 236 g/mol. The number of methoxy groups -OCH3 is 1. The molecule has 6 nitrogen and oxygen atoms in total. The molecule has 1 amide bonds. The second kappa shape index (κ2) is 4.04. The SMILES string of the molecule is COc1ncccc1C(=O)NC1(C(=O)O)CC1. The van der Waals surface area contributed by atoms with E-state index in [1.165, 1.54) is 13.3 Å². The Bertz CT molecular complexity index is 468. The first-order valence-electron chi connectivity index (χ1n) is 5.14. The van der Waals surface area contributed by atoms with Gasteiger partial charge in [0.1, 0.15) is 11.1 Å². The summed E-state index contributed by atoms with van der Waals surface area (Å²) in [5.41, 5.74) is -0.861. The molecule has 1 aromatic rings. The second-order valence-electron chi connectivity index (χ2n) is 3.90. The molecule has 1 saturated carbocycles. The molecular weight excluding hydrogens is 224 g/mol. The van der Waals surface area contributed by atoms with Crippen LogP contribution in [0.25, 0.3) is 0 Å². The van der Waals surface area contributed by atoms with Gasteiger partial charge in [-0.1, -0.05) is 0 Å². The molecule has 1 fully saturated rings. The van der Waals surface area contributed by atoms with Crippen LogP contribution in [0.1, 0.15) is 23.2 Å². The number of nitrogens with zero attached hydrogens (tertiary/aromatic N) is 1. The largest absolute Gasteiger partial charge is 0.480 e. The molecule has 17 heavy (non-hydrogen) atoms. The molecule has 0 unspecified atom stereocenters. The van der Waals surface area contributed by atoms with E-state index < -0.39 is 17.4 Å². The minimum absolute atomic E-state index is 0.186. The molecule has 0 aliphatic heterocycles. The number of hydrogen-bond donors (Lipinski definition) is 2. The van der Waals surface area contributed by atoms with Crippen molar-refractivity contribution < 1.29 is 19.4 Å². The van der Waals surface area contributed by atoms with Crippen LogP contribution in [0.4, 0.5) is 0 Å². The fourth-order valence-corrected chi connectivity index (χ4v) is 1.53. The molecule has 0 aromatic carbocycles. The summed E-state index contributed by atoms with van der Waals surface area (Å²) in [5.74, 6) is -1.30. The van der Waals surface area contributed by atoms with Crippen molar-refractivity contribution >= 4 is 11.9 Å². The minimum Gasteiger partial charge on any atom is -0.480 e. The smallest absolute Gasteiger partial charge is 0.329 e. The first-order valence-corrected chi connectivity index (χ1v) is 5.14. The van der Waals surface area contributed by atoms with E-state index in [0.717, 1.165) is 0 Å². The van der Waals surface area contributed by atoms with Crippen LogP contribution in [0.3, 0.4) is 0 Å². The summed E-state index contributed by atoms with van der Waals surface area (Å²) in [6, 6.07) is 3.14. The molecule has 1 aromatic heterocycles. The molecule has 1 aliphatic rings. The van der Waals surface area contributed by atoms with Crippen molar-refractivity contribution in [2.45, 2.75) is 18.4 Å². The lowest BCUT2D eigenvalue weighted by atomic mass is 10.2. The van der Waals surface area contributed by atoms with E-state index in [2.05, 4.69) is 10.3 Å². The van der Waals surface area contributed by atoms with Gasteiger partial charge in [0, 0.05) is 6.20 Å². The Morgan fingerprint density at radius 2 is 2.24 bits per heavy atom. The Kier molecular flexibility index (Phi) is 2.71. The van der Waals surface area contributed by atoms with Gasteiger partial charge in [0.05, 0.1) is 7.11 Å². The van der Waals surface area contributed by atoms with E-state index in [4.69, 9.17) is 9.84 Å². The number of rotatable bonds is 4. The topological polar surface area (TPSA) is 88.5 Å². The number of aliphatic carboxylic acids is 1. The molecule has 0 radical (unpaired) electrons. The average molecular weight is 236 g/mol. The number of amides is 1. The fraction of sp³-hybridized carbons (Fsp3) is 0.364. The number of nitrogens with one attached hydrogen (secondary N) is 1. The Morgan fingerprint density at radius 3 is 2.76 bits per heavy atom. The average Bonchev–Trinajstić information content (AvgIpc) is 3.10. The molecule has 1 heterocycles. The maximum atomic E-state index is 11.9. The quantitative estimate of drug-likeness (QED) is 0.791. The zero-order chi connectivity index (χ0) is 12.5. The third kappa shape index (κ3) is 2.06. The van der Waals surface area contributed by atoms with Gasteiger partial charge in [0.2, 0.25) is 5.88 Å². The van der Waals surface area contributed by atoms with E-state index in [1.807, 2.05) is 0 Å². The van der Waals surface area contributed by atoms with E-state index >= 15 is 0 Å². The van der Waals surface area contributed by atoms with Crippen LogP contribution in [0, 0.1) is 0 Å². The van der Waals surface area contributed by atoms with E-state index in [-0.39, 0.29) is 11.4 Å². The predicted molar refractivity (Wildman–Crippen MR) is 57.9 cm³/mol. The van der Waals surface area contributed by atoms with Gasteiger partial charge in [-0.15, -0.1) is 0 Å². The van der Waals surface area contributed by atoms with E-state index in [0.29, 0.717) is 12.8 Å². The summed E-state index contributed by atoms with van der Waals surface area (Å²) in [7, 11) is 1.41. The van der Waals surface area contributed by atoms with Crippen molar-refractivity contribution in [3.63, 3.8) is 0 Å². The van der Waals surface area contributed by atoms with Gasteiger partial charge in [0.15, 0.2) is 0 Å². The van der Waals surface area contributed by atoms with Crippen LogP contribution in [0.5, 0.6) is 5.88 Å².